The minimum absolute atomic E-state index is 0.0778. The summed E-state index contributed by atoms with van der Waals surface area (Å²) in [5.74, 6) is 0.231. The van der Waals surface area contributed by atoms with Crippen molar-refractivity contribution in [3.8, 4) is 11.3 Å². The molecule has 2 bridgehead atoms. The zero-order chi connectivity index (χ0) is 38.1. The number of quaternary nitrogens is 1. The van der Waals surface area contributed by atoms with Crippen molar-refractivity contribution in [2.45, 2.75) is 58.7 Å². The van der Waals surface area contributed by atoms with Crippen LogP contribution in [0, 0.1) is 5.92 Å². The highest BCUT2D eigenvalue weighted by atomic mass is 19.4. The maximum atomic E-state index is 13.7. The molecule has 2 N–H and O–H groups in total. The smallest absolute Gasteiger partial charge is 0.376 e. The number of carbonyl (C=O) groups excluding carboxylic acids is 2. The summed E-state index contributed by atoms with van der Waals surface area (Å²) in [5, 5.41) is 5.80. The highest BCUT2D eigenvalue weighted by molar-refractivity contribution is 6.06. The van der Waals surface area contributed by atoms with Gasteiger partial charge >= 0.3 is 6.18 Å². The predicted octanol–water partition coefficient (Wildman–Crippen LogP) is 8.38. The fourth-order valence-electron chi connectivity index (χ4n) is 7.77. The lowest BCUT2D eigenvalue weighted by atomic mass is 9.86. The normalized spacial score (nSPS) is 18.0. The van der Waals surface area contributed by atoms with Gasteiger partial charge in [0.2, 0.25) is 0 Å². The van der Waals surface area contributed by atoms with Gasteiger partial charge in [0.15, 0.2) is 0 Å². The number of anilines is 2. The lowest BCUT2D eigenvalue weighted by Gasteiger charge is -2.49. The Kier molecular flexibility index (Phi) is 12.7. The van der Waals surface area contributed by atoms with E-state index in [-0.39, 0.29) is 18.0 Å². The van der Waals surface area contributed by atoms with Crippen molar-refractivity contribution < 1.29 is 32.0 Å². The number of pyridine rings is 1. The molecule has 4 aromatic rings. The van der Waals surface area contributed by atoms with Crippen LogP contribution in [0.15, 0.2) is 85.1 Å². The van der Waals surface area contributed by atoms with Crippen molar-refractivity contribution in [2.75, 3.05) is 62.7 Å². The van der Waals surface area contributed by atoms with Crippen LogP contribution in [-0.4, -0.2) is 73.8 Å². The molecular formula is C43H51F3N5O3+. The van der Waals surface area contributed by atoms with Crippen LogP contribution in [0.2, 0.25) is 0 Å². The topological polar surface area (TPSA) is 83.6 Å². The number of benzene rings is 3. The van der Waals surface area contributed by atoms with Crippen LogP contribution in [0.3, 0.4) is 0 Å². The first-order valence-corrected chi connectivity index (χ1v) is 19.2. The average molecular weight is 743 g/mol. The molecule has 0 aliphatic carbocycles. The Bertz CT molecular complexity index is 1890. The minimum atomic E-state index is -4.47. The maximum absolute atomic E-state index is 13.7. The standard InChI is InChI=1S/C43H50F3N5O3/c1-3-50(4-2)37-13-14-39(38(29-37)40-28-35(15-19-47-40)41(52)48-30-33-9-6-12-36(27-33)43(44,45)46)49-42(53)34-11-5-8-32(26-34)10-7-24-54-25-23-51-20-16-31(17-21-51)18-22-51/h5-6,8-9,11-15,19,26-29,31H,3-4,7,10,16-18,20-25,30H2,1-2H3,(H-,47,48,49,52,53)/p+1. The summed E-state index contributed by atoms with van der Waals surface area (Å²) >= 11 is 0. The van der Waals surface area contributed by atoms with Crippen LogP contribution in [0.1, 0.15) is 76.9 Å². The Labute approximate surface area is 316 Å². The minimum Gasteiger partial charge on any atom is -0.376 e. The van der Waals surface area contributed by atoms with Gasteiger partial charge < -0.3 is 24.8 Å². The number of hydrogen-bond acceptors (Lipinski definition) is 5. The molecule has 0 saturated carbocycles. The second-order valence-electron chi connectivity index (χ2n) is 14.6. The third kappa shape index (κ3) is 9.86. The van der Waals surface area contributed by atoms with E-state index in [1.54, 1.807) is 18.2 Å². The molecule has 0 unspecified atom stereocenters. The molecule has 1 aromatic heterocycles. The molecule has 0 atom stereocenters. The molecule has 7 rings (SSSR count). The van der Waals surface area contributed by atoms with Crippen LogP contribution in [-0.2, 0) is 23.9 Å². The monoisotopic (exact) mass is 742 g/mol. The van der Waals surface area contributed by atoms with Crippen LogP contribution >= 0.6 is 0 Å². The van der Waals surface area contributed by atoms with E-state index in [1.807, 2.05) is 36.4 Å². The van der Waals surface area contributed by atoms with Gasteiger partial charge in [0.25, 0.3) is 11.8 Å². The first-order valence-electron chi connectivity index (χ1n) is 19.2. The molecule has 3 aliphatic heterocycles. The summed E-state index contributed by atoms with van der Waals surface area (Å²) in [6, 6.07) is 21.4. The molecule has 0 spiro atoms. The van der Waals surface area contributed by atoms with Crippen molar-refractivity contribution in [2.24, 2.45) is 5.92 Å². The summed E-state index contributed by atoms with van der Waals surface area (Å²) in [7, 11) is 0. The Morgan fingerprint density at radius 3 is 2.31 bits per heavy atom. The quantitative estimate of drug-likeness (QED) is 0.0891. The van der Waals surface area contributed by atoms with Gasteiger partial charge in [0, 0.05) is 54.8 Å². The number of nitrogens with one attached hydrogen (secondary N) is 2. The van der Waals surface area contributed by atoms with Gasteiger partial charge in [-0.15, -0.1) is 0 Å². The van der Waals surface area contributed by atoms with Crippen molar-refractivity contribution in [1.29, 1.82) is 0 Å². The van der Waals surface area contributed by atoms with E-state index in [2.05, 4.69) is 34.4 Å². The maximum Gasteiger partial charge on any atom is 0.416 e. The van der Waals surface area contributed by atoms with Crippen LogP contribution in [0.5, 0.6) is 0 Å². The zero-order valence-corrected chi connectivity index (χ0v) is 31.3. The van der Waals surface area contributed by atoms with Crippen LogP contribution in [0.25, 0.3) is 11.3 Å². The van der Waals surface area contributed by atoms with E-state index < -0.39 is 17.6 Å². The number of carbonyl (C=O) groups is 2. The molecule has 3 fully saturated rings. The van der Waals surface area contributed by atoms with Crippen molar-refractivity contribution >= 4 is 23.2 Å². The zero-order valence-electron chi connectivity index (χ0n) is 31.3. The predicted molar refractivity (Wildman–Crippen MR) is 206 cm³/mol. The van der Waals surface area contributed by atoms with E-state index >= 15 is 0 Å². The lowest BCUT2D eigenvalue weighted by molar-refractivity contribution is -0.942. The first-order chi connectivity index (χ1) is 26.1. The molecule has 54 heavy (non-hydrogen) atoms. The van der Waals surface area contributed by atoms with E-state index in [4.69, 9.17) is 4.74 Å². The fourth-order valence-corrected chi connectivity index (χ4v) is 7.77. The second-order valence-corrected chi connectivity index (χ2v) is 14.6. The number of nitrogens with zero attached hydrogens (tertiary/aromatic N) is 3. The number of amides is 2. The molecule has 3 aliphatic rings. The van der Waals surface area contributed by atoms with Gasteiger partial charge in [-0.1, -0.05) is 24.3 Å². The molecule has 2 amide bonds. The van der Waals surface area contributed by atoms with E-state index in [9.17, 15) is 22.8 Å². The highest BCUT2D eigenvalue weighted by Crippen LogP contribution is 2.34. The molecule has 8 nitrogen and oxygen atoms in total. The largest absolute Gasteiger partial charge is 0.416 e. The van der Waals surface area contributed by atoms with Gasteiger partial charge in [0.1, 0.15) is 6.54 Å². The summed E-state index contributed by atoms with van der Waals surface area (Å²) < 4.78 is 46.9. The molecule has 286 valence electrons. The van der Waals surface area contributed by atoms with Gasteiger partial charge in [-0.05, 0) is 118 Å². The molecule has 3 saturated heterocycles. The summed E-state index contributed by atoms with van der Waals surface area (Å²) in [4.78, 5) is 33.6. The summed E-state index contributed by atoms with van der Waals surface area (Å²) in [6.45, 7) is 12.1. The van der Waals surface area contributed by atoms with Crippen molar-refractivity contribution in [1.82, 2.24) is 10.3 Å². The number of aryl methyl sites for hydroxylation is 1. The third-order valence-corrected chi connectivity index (χ3v) is 11.1. The molecule has 3 aromatic carbocycles. The fraction of sp³-hybridized carbons (Fsp3) is 0.419. The highest BCUT2D eigenvalue weighted by Gasteiger charge is 2.39. The number of aromatic nitrogens is 1. The summed E-state index contributed by atoms with van der Waals surface area (Å²) in [5.41, 5.74) is 4.01. The van der Waals surface area contributed by atoms with Crippen molar-refractivity contribution in [3.63, 3.8) is 0 Å². The Morgan fingerprint density at radius 1 is 0.852 bits per heavy atom. The Morgan fingerprint density at radius 2 is 1.57 bits per heavy atom. The molecular weight excluding hydrogens is 691 g/mol. The molecule has 11 heteroatoms. The Hall–Kier alpha value is -4.74. The summed E-state index contributed by atoms with van der Waals surface area (Å²) in [6.07, 6.45) is 2.82. The van der Waals surface area contributed by atoms with Gasteiger partial charge in [-0.3, -0.25) is 14.6 Å². The molecule has 0 radical (unpaired) electrons. The number of piperidine rings is 3. The number of rotatable bonds is 16. The van der Waals surface area contributed by atoms with E-state index in [1.165, 1.54) is 61.7 Å². The SMILES string of the molecule is CCN(CC)c1ccc(NC(=O)c2cccc(CCCOCC[N+]34CCC(CC3)CC4)c2)c(-c2cc(C(=O)NCc3cccc(C(F)(F)F)c3)ccn2)c1. The van der Waals surface area contributed by atoms with Gasteiger partial charge in [-0.2, -0.15) is 13.2 Å². The van der Waals surface area contributed by atoms with Crippen LogP contribution < -0.4 is 15.5 Å². The number of ether oxygens (including phenoxy) is 1. The van der Waals surface area contributed by atoms with E-state index in [0.29, 0.717) is 34.7 Å². The number of alkyl halides is 3. The Balaban J connectivity index is 1.11. The van der Waals surface area contributed by atoms with Crippen LogP contribution in [0.4, 0.5) is 24.5 Å². The average Bonchev–Trinajstić information content (AvgIpc) is 3.20. The second kappa shape index (κ2) is 17.6. The van der Waals surface area contributed by atoms with Crippen molar-refractivity contribution in [3.05, 3.63) is 113 Å². The first kappa shape index (κ1) is 39.0. The van der Waals surface area contributed by atoms with Gasteiger partial charge in [-0.25, -0.2) is 0 Å². The van der Waals surface area contributed by atoms with E-state index in [0.717, 1.165) is 68.4 Å². The van der Waals surface area contributed by atoms with Gasteiger partial charge in [0.05, 0.1) is 43.2 Å². The third-order valence-electron chi connectivity index (χ3n) is 11.1. The number of hydrogen-bond donors (Lipinski definition) is 2. The number of halogens is 3. The molecule has 4 heterocycles. The number of fused-ring (bicyclic) bond motifs is 3. The lowest BCUT2D eigenvalue weighted by Crippen LogP contribution is -2.59.